The minimum atomic E-state index is 0.160. The van der Waals surface area contributed by atoms with Gasteiger partial charge in [0.1, 0.15) is 0 Å². The smallest absolute Gasteiger partial charge is 0.0595 e. The third-order valence-corrected chi connectivity index (χ3v) is 3.93. The van der Waals surface area contributed by atoms with E-state index in [2.05, 4.69) is 68.1 Å². The van der Waals surface area contributed by atoms with Crippen molar-refractivity contribution in [3.8, 4) is 0 Å². The highest BCUT2D eigenvalue weighted by atomic mass is 79.9. The molecule has 0 spiro atoms. The predicted molar refractivity (Wildman–Crippen MR) is 86.3 cm³/mol. The topological polar surface area (TPSA) is 24.9 Å². The molecule has 0 bridgehead atoms. The molecule has 19 heavy (non-hydrogen) atoms. The summed E-state index contributed by atoms with van der Waals surface area (Å²) in [6.45, 7) is 5.14. The summed E-state index contributed by atoms with van der Waals surface area (Å²) in [4.78, 5) is 4.26. The lowest BCUT2D eigenvalue weighted by atomic mass is 9.97. The summed E-state index contributed by atoms with van der Waals surface area (Å²) < 4.78 is 2.14. The Morgan fingerprint density at radius 3 is 2.47 bits per heavy atom. The Labute approximate surface area is 130 Å². The lowest BCUT2D eigenvalue weighted by Gasteiger charge is -2.21. The lowest BCUT2D eigenvalue weighted by molar-refractivity contribution is 0.625. The molecule has 0 saturated carbocycles. The molecule has 1 atom stereocenters. The molecule has 1 N–H and O–H groups in total. The number of aryl methyl sites for hydroxylation is 1. The maximum atomic E-state index is 4.26. The highest BCUT2D eigenvalue weighted by Crippen LogP contribution is 2.29. The maximum Gasteiger partial charge on any atom is 0.0595 e. The fourth-order valence-electron chi connectivity index (χ4n) is 2.13. The highest BCUT2D eigenvalue weighted by Gasteiger charge is 2.16. The maximum absolute atomic E-state index is 4.26. The van der Waals surface area contributed by atoms with E-state index in [1.165, 1.54) is 16.7 Å². The minimum absolute atomic E-state index is 0.160. The van der Waals surface area contributed by atoms with E-state index in [0.29, 0.717) is 0 Å². The van der Waals surface area contributed by atoms with Crippen molar-refractivity contribution in [3.05, 3.63) is 62.3 Å². The fraction of sp³-hybridized carbons (Fsp3) is 0.267. The van der Waals surface area contributed by atoms with Crippen LogP contribution >= 0.6 is 31.9 Å². The number of halogens is 2. The molecular formula is C15H16Br2N2. The highest BCUT2D eigenvalue weighted by molar-refractivity contribution is 9.11. The predicted octanol–water partition coefficient (Wildman–Crippen LogP) is 4.61. The third-order valence-electron chi connectivity index (χ3n) is 3.02. The van der Waals surface area contributed by atoms with Crippen LogP contribution in [0.1, 0.15) is 29.7 Å². The quantitative estimate of drug-likeness (QED) is 0.833. The van der Waals surface area contributed by atoms with Gasteiger partial charge in [-0.25, -0.2) is 0 Å². The van der Waals surface area contributed by atoms with Gasteiger partial charge in [-0.2, -0.15) is 0 Å². The molecule has 100 valence electrons. The summed E-state index contributed by atoms with van der Waals surface area (Å²) in [7, 11) is 0. The molecule has 2 nitrogen and oxygen atoms in total. The third kappa shape index (κ3) is 3.65. The van der Waals surface area contributed by atoms with Crippen LogP contribution < -0.4 is 5.32 Å². The van der Waals surface area contributed by atoms with Gasteiger partial charge in [-0.1, -0.05) is 38.8 Å². The first-order valence-electron chi connectivity index (χ1n) is 6.21. The molecule has 2 rings (SSSR count). The zero-order chi connectivity index (χ0) is 13.8. The second-order valence-electron chi connectivity index (χ2n) is 4.43. The SMILES string of the molecule is CCNC(c1cc(Br)cc(Br)c1)c1cnccc1C. The van der Waals surface area contributed by atoms with E-state index < -0.39 is 0 Å². The Morgan fingerprint density at radius 1 is 1.21 bits per heavy atom. The number of nitrogens with zero attached hydrogens (tertiary/aromatic N) is 1. The largest absolute Gasteiger partial charge is 0.306 e. The van der Waals surface area contributed by atoms with Crippen molar-refractivity contribution >= 4 is 31.9 Å². The van der Waals surface area contributed by atoms with Crippen LogP contribution in [0.5, 0.6) is 0 Å². The van der Waals surface area contributed by atoms with E-state index in [4.69, 9.17) is 0 Å². The summed E-state index contributed by atoms with van der Waals surface area (Å²) in [6, 6.07) is 8.54. The number of hydrogen-bond donors (Lipinski definition) is 1. The van der Waals surface area contributed by atoms with Gasteiger partial charge in [0.15, 0.2) is 0 Å². The zero-order valence-corrected chi connectivity index (χ0v) is 14.1. The van der Waals surface area contributed by atoms with Crippen LogP contribution in [0.2, 0.25) is 0 Å². The number of hydrogen-bond acceptors (Lipinski definition) is 2. The number of pyridine rings is 1. The van der Waals surface area contributed by atoms with Crippen LogP contribution in [-0.4, -0.2) is 11.5 Å². The molecule has 0 saturated heterocycles. The van der Waals surface area contributed by atoms with Crippen LogP contribution in [0.3, 0.4) is 0 Å². The van der Waals surface area contributed by atoms with Crippen LogP contribution in [-0.2, 0) is 0 Å². The van der Waals surface area contributed by atoms with Gasteiger partial charge in [-0.15, -0.1) is 0 Å². The first kappa shape index (κ1) is 14.7. The molecular weight excluding hydrogens is 368 g/mol. The molecule has 0 aliphatic rings. The monoisotopic (exact) mass is 382 g/mol. The molecule has 0 fully saturated rings. The number of nitrogens with one attached hydrogen (secondary N) is 1. The lowest BCUT2D eigenvalue weighted by Crippen LogP contribution is -2.23. The molecule has 1 aromatic heterocycles. The molecule has 0 radical (unpaired) electrons. The standard InChI is InChI=1S/C15H16Br2N2/c1-3-19-15(14-9-18-5-4-10(14)2)11-6-12(16)8-13(17)7-11/h4-9,15,19H,3H2,1-2H3. The van der Waals surface area contributed by atoms with Crippen LogP contribution in [0.4, 0.5) is 0 Å². The Hall–Kier alpha value is -0.710. The van der Waals surface area contributed by atoms with E-state index in [1.807, 2.05) is 24.5 Å². The summed E-state index contributed by atoms with van der Waals surface area (Å²) in [5.41, 5.74) is 3.69. The molecule has 0 aliphatic heterocycles. The Balaban J connectivity index is 2.48. The second kappa shape index (κ2) is 6.64. The van der Waals surface area contributed by atoms with Gasteiger partial charge < -0.3 is 5.32 Å². The minimum Gasteiger partial charge on any atom is -0.306 e. The van der Waals surface area contributed by atoms with Crippen molar-refractivity contribution in [1.29, 1.82) is 0 Å². The van der Waals surface area contributed by atoms with Crippen molar-refractivity contribution in [2.75, 3.05) is 6.54 Å². The van der Waals surface area contributed by atoms with E-state index in [1.54, 1.807) is 0 Å². The van der Waals surface area contributed by atoms with E-state index >= 15 is 0 Å². The van der Waals surface area contributed by atoms with E-state index in [9.17, 15) is 0 Å². The average molecular weight is 384 g/mol. The first-order chi connectivity index (χ1) is 9.11. The fourth-order valence-corrected chi connectivity index (χ4v) is 3.46. The van der Waals surface area contributed by atoms with Gasteiger partial charge >= 0.3 is 0 Å². The van der Waals surface area contributed by atoms with Gasteiger partial charge in [0.25, 0.3) is 0 Å². The van der Waals surface area contributed by atoms with E-state index in [-0.39, 0.29) is 6.04 Å². The molecule has 1 unspecified atom stereocenters. The van der Waals surface area contributed by atoms with Gasteiger partial charge in [-0.3, -0.25) is 4.98 Å². The second-order valence-corrected chi connectivity index (χ2v) is 6.26. The van der Waals surface area contributed by atoms with Gasteiger partial charge in [0, 0.05) is 21.3 Å². The van der Waals surface area contributed by atoms with Gasteiger partial charge in [0.05, 0.1) is 6.04 Å². The zero-order valence-electron chi connectivity index (χ0n) is 11.0. The molecule has 1 aromatic carbocycles. The van der Waals surface area contributed by atoms with E-state index in [0.717, 1.165) is 15.5 Å². The molecule has 2 aromatic rings. The summed E-state index contributed by atoms with van der Waals surface area (Å²) in [5.74, 6) is 0. The normalized spacial score (nSPS) is 12.4. The van der Waals surface area contributed by atoms with Crippen molar-refractivity contribution < 1.29 is 0 Å². The Bertz CT molecular complexity index is 550. The number of rotatable bonds is 4. The van der Waals surface area contributed by atoms with Crippen molar-refractivity contribution in [2.45, 2.75) is 19.9 Å². The van der Waals surface area contributed by atoms with Crippen LogP contribution in [0.25, 0.3) is 0 Å². The van der Waals surface area contributed by atoms with Crippen molar-refractivity contribution in [2.24, 2.45) is 0 Å². The average Bonchev–Trinajstić information content (AvgIpc) is 2.36. The molecule has 0 amide bonds. The van der Waals surface area contributed by atoms with Crippen LogP contribution in [0.15, 0.2) is 45.6 Å². The van der Waals surface area contributed by atoms with Crippen molar-refractivity contribution in [3.63, 3.8) is 0 Å². The number of aromatic nitrogens is 1. The Morgan fingerprint density at radius 2 is 1.89 bits per heavy atom. The first-order valence-corrected chi connectivity index (χ1v) is 7.80. The molecule has 4 heteroatoms. The molecule has 1 heterocycles. The van der Waals surface area contributed by atoms with Crippen LogP contribution in [0, 0.1) is 6.92 Å². The molecule has 0 aliphatic carbocycles. The van der Waals surface area contributed by atoms with Crippen molar-refractivity contribution in [1.82, 2.24) is 10.3 Å². The van der Waals surface area contributed by atoms with Gasteiger partial charge in [-0.05, 0) is 54.4 Å². The van der Waals surface area contributed by atoms with Gasteiger partial charge in [0.2, 0.25) is 0 Å². The summed E-state index contributed by atoms with van der Waals surface area (Å²) >= 11 is 7.10. The number of benzene rings is 1. The summed E-state index contributed by atoms with van der Waals surface area (Å²) in [5, 5.41) is 3.53. The summed E-state index contributed by atoms with van der Waals surface area (Å²) in [6.07, 6.45) is 3.77. The Kier molecular flexibility index (Phi) is 5.13.